The first kappa shape index (κ1) is 19.7. The zero-order valence-electron chi connectivity index (χ0n) is 13.9. The summed E-state index contributed by atoms with van der Waals surface area (Å²) in [6.45, 7) is 2.16. The van der Waals surface area contributed by atoms with Gasteiger partial charge in [-0.25, -0.2) is 8.78 Å². The summed E-state index contributed by atoms with van der Waals surface area (Å²) < 4.78 is 31.8. The molecule has 0 fully saturated rings. The molecule has 2 rings (SSSR count). The van der Waals surface area contributed by atoms with Crippen molar-refractivity contribution in [3.63, 3.8) is 0 Å². The topological polar surface area (TPSA) is 67.4 Å². The molecule has 0 aliphatic rings. The molecule has 138 valence electrons. The number of hydrogen-bond acceptors (Lipinski definition) is 3. The maximum absolute atomic E-state index is 13.5. The molecular formula is C18H17ClF2N2O3. The van der Waals surface area contributed by atoms with Crippen molar-refractivity contribution in [3.8, 4) is 5.75 Å². The van der Waals surface area contributed by atoms with Crippen LogP contribution in [0.5, 0.6) is 5.75 Å². The van der Waals surface area contributed by atoms with E-state index in [4.69, 9.17) is 16.3 Å². The summed E-state index contributed by atoms with van der Waals surface area (Å²) in [5.74, 6) is -2.46. The van der Waals surface area contributed by atoms with Crippen molar-refractivity contribution >= 4 is 23.4 Å². The molecule has 0 aliphatic heterocycles. The van der Waals surface area contributed by atoms with Gasteiger partial charge in [0.2, 0.25) is 5.91 Å². The molecule has 5 nitrogen and oxygen atoms in total. The van der Waals surface area contributed by atoms with Crippen LogP contribution in [0, 0.1) is 18.6 Å². The lowest BCUT2D eigenvalue weighted by Crippen LogP contribution is -2.42. The fourth-order valence-electron chi connectivity index (χ4n) is 2.12. The van der Waals surface area contributed by atoms with Crippen LogP contribution in [0.25, 0.3) is 0 Å². The van der Waals surface area contributed by atoms with E-state index in [0.29, 0.717) is 29.9 Å². The van der Waals surface area contributed by atoms with Gasteiger partial charge in [0.05, 0.1) is 12.2 Å². The van der Waals surface area contributed by atoms with Gasteiger partial charge in [-0.1, -0.05) is 11.6 Å². The predicted molar refractivity (Wildman–Crippen MR) is 92.9 cm³/mol. The quantitative estimate of drug-likeness (QED) is 0.593. The summed E-state index contributed by atoms with van der Waals surface area (Å²) in [6, 6.07) is 7.76. The van der Waals surface area contributed by atoms with Crippen LogP contribution in [-0.2, 0) is 4.79 Å². The number of halogens is 3. The second-order valence-corrected chi connectivity index (χ2v) is 5.92. The second-order valence-electron chi connectivity index (χ2n) is 5.49. The third-order valence-corrected chi connectivity index (χ3v) is 3.67. The molecular weight excluding hydrogens is 366 g/mol. The Bertz CT molecular complexity index is 815. The summed E-state index contributed by atoms with van der Waals surface area (Å²) >= 11 is 5.86. The van der Waals surface area contributed by atoms with Crippen LogP contribution >= 0.6 is 11.6 Å². The van der Waals surface area contributed by atoms with Gasteiger partial charge in [0.15, 0.2) is 0 Å². The Morgan fingerprint density at radius 1 is 1.12 bits per heavy atom. The van der Waals surface area contributed by atoms with Gasteiger partial charge in [0.1, 0.15) is 17.4 Å². The van der Waals surface area contributed by atoms with Crippen LogP contribution in [0.15, 0.2) is 36.4 Å². The number of ether oxygens (including phenoxy) is 1. The Hall–Kier alpha value is -2.67. The van der Waals surface area contributed by atoms with Crippen LogP contribution in [0.3, 0.4) is 0 Å². The van der Waals surface area contributed by atoms with Gasteiger partial charge in [-0.15, -0.1) is 0 Å². The highest BCUT2D eigenvalue weighted by molar-refractivity contribution is 6.30. The molecule has 0 unspecified atom stereocenters. The van der Waals surface area contributed by atoms with Crippen molar-refractivity contribution in [2.45, 2.75) is 19.8 Å². The third kappa shape index (κ3) is 5.70. The average molecular weight is 383 g/mol. The van der Waals surface area contributed by atoms with E-state index in [-0.39, 0.29) is 12.0 Å². The van der Waals surface area contributed by atoms with E-state index < -0.39 is 23.4 Å². The standard InChI is InChI=1S/C18H17ClF2N2O3/c1-11-9-12(19)4-7-16(11)26-8-2-3-17(24)22-23-18(25)14-6-5-13(20)10-15(14)21/h4-7,9-10H,2-3,8H2,1H3,(H,22,24)(H,23,25). The highest BCUT2D eigenvalue weighted by Crippen LogP contribution is 2.21. The van der Waals surface area contributed by atoms with Crippen molar-refractivity contribution in [1.29, 1.82) is 0 Å². The first-order valence-corrected chi connectivity index (χ1v) is 8.18. The Morgan fingerprint density at radius 3 is 2.58 bits per heavy atom. The Labute approximate surface area is 154 Å². The van der Waals surface area contributed by atoms with Crippen molar-refractivity contribution in [3.05, 3.63) is 64.2 Å². The van der Waals surface area contributed by atoms with Crippen molar-refractivity contribution in [2.75, 3.05) is 6.61 Å². The molecule has 2 aromatic carbocycles. The van der Waals surface area contributed by atoms with E-state index in [1.807, 2.05) is 6.92 Å². The van der Waals surface area contributed by atoms with Crippen LogP contribution in [-0.4, -0.2) is 18.4 Å². The fourth-order valence-corrected chi connectivity index (χ4v) is 2.35. The van der Waals surface area contributed by atoms with E-state index in [1.165, 1.54) is 0 Å². The van der Waals surface area contributed by atoms with E-state index in [9.17, 15) is 18.4 Å². The number of rotatable bonds is 6. The van der Waals surface area contributed by atoms with E-state index >= 15 is 0 Å². The lowest BCUT2D eigenvalue weighted by atomic mass is 10.2. The average Bonchev–Trinajstić information content (AvgIpc) is 2.58. The molecule has 0 saturated heterocycles. The SMILES string of the molecule is Cc1cc(Cl)ccc1OCCCC(=O)NNC(=O)c1ccc(F)cc1F. The third-order valence-electron chi connectivity index (χ3n) is 3.43. The molecule has 0 spiro atoms. The summed E-state index contributed by atoms with van der Waals surface area (Å²) in [7, 11) is 0. The smallest absolute Gasteiger partial charge is 0.272 e. The molecule has 0 bridgehead atoms. The van der Waals surface area contributed by atoms with Crippen LogP contribution in [0.2, 0.25) is 5.02 Å². The summed E-state index contributed by atoms with van der Waals surface area (Å²) in [6.07, 6.45) is 0.507. The maximum atomic E-state index is 13.5. The lowest BCUT2D eigenvalue weighted by Gasteiger charge is -2.10. The highest BCUT2D eigenvalue weighted by atomic mass is 35.5. The molecule has 0 saturated carbocycles. The fraction of sp³-hybridized carbons (Fsp3) is 0.222. The predicted octanol–water partition coefficient (Wildman–Crippen LogP) is 3.55. The Morgan fingerprint density at radius 2 is 1.88 bits per heavy atom. The minimum absolute atomic E-state index is 0.0960. The van der Waals surface area contributed by atoms with Crippen molar-refractivity contribution < 1.29 is 23.1 Å². The van der Waals surface area contributed by atoms with Crippen molar-refractivity contribution in [1.82, 2.24) is 10.9 Å². The molecule has 2 amide bonds. The molecule has 2 aromatic rings. The number of nitrogens with one attached hydrogen (secondary N) is 2. The number of carbonyl (C=O) groups is 2. The Balaban J connectivity index is 1.71. The molecule has 0 atom stereocenters. The van der Waals surface area contributed by atoms with E-state index in [1.54, 1.807) is 18.2 Å². The van der Waals surface area contributed by atoms with Gasteiger partial charge < -0.3 is 4.74 Å². The lowest BCUT2D eigenvalue weighted by molar-refractivity contribution is -0.122. The molecule has 0 aromatic heterocycles. The summed E-state index contributed by atoms with van der Waals surface area (Å²) in [4.78, 5) is 23.4. The first-order valence-electron chi connectivity index (χ1n) is 7.80. The highest BCUT2D eigenvalue weighted by Gasteiger charge is 2.13. The molecule has 26 heavy (non-hydrogen) atoms. The van der Waals surface area contributed by atoms with Crippen LogP contribution in [0.4, 0.5) is 8.78 Å². The normalized spacial score (nSPS) is 10.3. The van der Waals surface area contributed by atoms with Gasteiger partial charge >= 0.3 is 0 Å². The van der Waals surface area contributed by atoms with Crippen molar-refractivity contribution in [2.24, 2.45) is 0 Å². The number of carbonyl (C=O) groups excluding carboxylic acids is 2. The van der Waals surface area contributed by atoms with E-state index in [0.717, 1.165) is 17.7 Å². The number of benzene rings is 2. The largest absolute Gasteiger partial charge is 0.493 e. The van der Waals surface area contributed by atoms with Gasteiger partial charge in [0.25, 0.3) is 5.91 Å². The molecule has 8 heteroatoms. The minimum atomic E-state index is -1.01. The Kier molecular flexibility index (Phi) is 6.91. The number of aryl methyl sites for hydroxylation is 1. The zero-order chi connectivity index (χ0) is 19.1. The van der Waals surface area contributed by atoms with Gasteiger partial charge in [-0.05, 0) is 49.2 Å². The van der Waals surface area contributed by atoms with Gasteiger partial charge in [-0.2, -0.15) is 0 Å². The molecule has 0 heterocycles. The van der Waals surface area contributed by atoms with Gasteiger partial charge in [-0.3, -0.25) is 20.4 Å². The molecule has 0 aliphatic carbocycles. The number of hydrazine groups is 1. The summed E-state index contributed by atoms with van der Waals surface area (Å²) in [5.41, 5.74) is 4.76. The monoisotopic (exact) mass is 382 g/mol. The minimum Gasteiger partial charge on any atom is -0.493 e. The first-order chi connectivity index (χ1) is 12.4. The van der Waals surface area contributed by atoms with Crippen LogP contribution < -0.4 is 15.6 Å². The van der Waals surface area contributed by atoms with Gasteiger partial charge in [0, 0.05) is 17.5 Å². The zero-order valence-corrected chi connectivity index (χ0v) is 14.7. The molecule has 0 radical (unpaired) electrons. The van der Waals surface area contributed by atoms with Crippen LogP contribution in [0.1, 0.15) is 28.8 Å². The summed E-state index contributed by atoms with van der Waals surface area (Å²) in [5, 5.41) is 0.613. The second kappa shape index (κ2) is 9.15. The molecule has 2 N–H and O–H groups in total. The number of hydrogen-bond donors (Lipinski definition) is 2. The van der Waals surface area contributed by atoms with E-state index in [2.05, 4.69) is 10.9 Å². The maximum Gasteiger partial charge on any atom is 0.272 e. The number of amides is 2.